The van der Waals surface area contributed by atoms with Crippen LogP contribution in [0.15, 0.2) is 125 Å². The van der Waals surface area contributed by atoms with Gasteiger partial charge >= 0.3 is 0 Å². The number of thiophene rings is 1. The first-order valence-electron chi connectivity index (χ1n) is 14.1. The molecule has 39 heavy (non-hydrogen) atoms. The van der Waals surface area contributed by atoms with Gasteiger partial charge in [0.25, 0.3) is 0 Å². The first kappa shape index (κ1) is 23.0. The lowest BCUT2D eigenvalue weighted by Gasteiger charge is -2.34. The van der Waals surface area contributed by atoms with Crippen LogP contribution < -0.4 is 9.75 Å². The zero-order chi connectivity index (χ0) is 25.9. The van der Waals surface area contributed by atoms with E-state index in [1.165, 1.54) is 53.5 Å². The zero-order valence-corrected chi connectivity index (χ0v) is 22.7. The van der Waals surface area contributed by atoms with Gasteiger partial charge in [-0.05, 0) is 83.3 Å². The molecule has 3 heterocycles. The average Bonchev–Trinajstić information content (AvgIpc) is 3.62. The third-order valence-corrected chi connectivity index (χ3v) is 9.99. The highest BCUT2D eigenvalue weighted by molar-refractivity contribution is 7.17. The molecule has 3 aliphatic carbocycles. The normalized spacial score (nSPS) is 26.7. The number of allylic oxidation sites excluding steroid dienone is 6. The van der Waals surface area contributed by atoms with Crippen molar-refractivity contribution in [3.8, 4) is 0 Å². The molecule has 3 aromatic rings. The summed E-state index contributed by atoms with van der Waals surface area (Å²) < 4.78 is 2.78. The van der Waals surface area contributed by atoms with Crippen molar-refractivity contribution in [2.24, 2.45) is 4.99 Å². The Balaban J connectivity index is 1.07. The molecule has 2 aliphatic heterocycles. The van der Waals surface area contributed by atoms with Crippen molar-refractivity contribution in [2.45, 2.75) is 43.7 Å². The van der Waals surface area contributed by atoms with Gasteiger partial charge in [0, 0.05) is 32.1 Å². The summed E-state index contributed by atoms with van der Waals surface area (Å²) >= 11 is 1.91. The third kappa shape index (κ3) is 3.71. The summed E-state index contributed by atoms with van der Waals surface area (Å²) in [7, 11) is 0. The molecular weight excluding hydrogens is 492 g/mol. The average molecular weight is 523 g/mol. The lowest BCUT2D eigenvalue weighted by molar-refractivity contribution is 0.266. The summed E-state index contributed by atoms with van der Waals surface area (Å²) in [5.41, 5.74) is 9.11. The van der Waals surface area contributed by atoms with Crippen LogP contribution in [0.25, 0.3) is 22.2 Å². The standard InChI is InChI=1S/C36H30N2S/c1-2-7-28-31-22-27(17-19-33(31)38-32-10-5-3-8-25(32)20-34(28)38)37-26-15-12-23(13-16-26)24-14-18-30-29-9-4-6-11-35(29)39-36(30)21-24/h2-9,11-13,15-16,18,20-22,24,32-33H,1,10,14,17,19H2/b28-7-,37-27?. The molecule has 2 nitrogen and oxygen atoms in total. The van der Waals surface area contributed by atoms with Crippen LogP contribution >= 0.6 is 11.3 Å². The minimum atomic E-state index is 0.421. The van der Waals surface area contributed by atoms with Crippen LogP contribution in [-0.4, -0.2) is 22.7 Å². The first-order valence-corrected chi connectivity index (χ1v) is 14.9. The van der Waals surface area contributed by atoms with Gasteiger partial charge in [0.15, 0.2) is 0 Å². The summed E-state index contributed by atoms with van der Waals surface area (Å²) in [4.78, 5) is 7.76. The van der Waals surface area contributed by atoms with Crippen LogP contribution in [0.5, 0.6) is 0 Å². The molecular formula is C36H30N2S. The van der Waals surface area contributed by atoms with Gasteiger partial charge in [-0.25, -0.2) is 0 Å². The van der Waals surface area contributed by atoms with E-state index in [1.807, 2.05) is 17.4 Å². The molecule has 0 bridgehead atoms. The Morgan fingerprint density at radius 1 is 1.00 bits per heavy atom. The fourth-order valence-corrected chi connectivity index (χ4v) is 8.24. The van der Waals surface area contributed by atoms with Crippen LogP contribution in [0.2, 0.25) is 0 Å². The van der Waals surface area contributed by atoms with E-state index in [2.05, 4.69) is 109 Å². The number of fused-ring (bicyclic) bond motifs is 8. The molecule has 2 aromatic carbocycles. The highest BCUT2D eigenvalue weighted by atomic mass is 32.1. The van der Waals surface area contributed by atoms with Crippen molar-refractivity contribution in [1.29, 1.82) is 0 Å². The maximum atomic E-state index is 5.11. The number of hydrogen-bond donors (Lipinski definition) is 0. The minimum absolute atomic E-state index is 0.421. The van der Waals surface area contributed by atoms with Crippen LogP contribution in [0.3, 0.4) is 0 Å². The number of rotatable bonds is 3. The molecule has 0 N–H and O–H groups in total. The lowest BCUT2D eigenvalue weighted by atomic mass is 9.88. The van der Waals surface area contributed by atoms with Crippen molar-refractivity contribution in [3.63, 3.8) is 0 Å². The van der Waals surface area contributed by atoms with Gasteiger partial charge in [-0.15, -0.1) is 11.3 Å². The molecule has 8 rings (SSSR count). The van der Waals surface area contributed by atoms with E-state index in [4.69, 9.17) is 4.99 Å². The Kier molecular flexibility index (Phi) is 5.34. The van der Waals surface area contributed by atoms with Crippen molar-refractivity contribution in [2.75, 3.05) is 0 Å². The second-order valence-corrected chi connectivity index (χ2v) is 12.1. The molecule has 0 spiro atoms. The smallest absolute Gasteiger partial charge is 0.0633 e. The summed E-state index contributed by atoms with van der Waals surface area (Å²) in [5.74, 6) is 0.421. The fourth-order valence-electron chi connectivity index (χ4n) is 7.03. The highest BCUT2D eigenvalue weighted by Crippen LogP contribution is 2.49. The van der Waals surface area contributed by atoms with E-state index in [9.17, 15) is 0 Å². The van der Waals surface area contributed by atoms with Crippen molar-refractivity contribution in [3.05, 3.63) is 135 Å². The van der Waals surface area contributed by atoms with Crippen LogP contribution in [0, 0.1) is 0 Å². The number of hydrogen-bond acceptors (Lipinski definition) is 3. The summed E-state index contributed by atoms with van der Waals surface area (Å²) in [6, 6.07) is 18.6. The molecule has 190 valence electrons. The predicted molar refractivity (Wildman–Crippen MR) is 166 cm³/mol. The summed E-state index contributed by atoms with van der Waals surface area (Å²) in [6.45, 7) is 4.01. The van der Waals surface area contributed by atoms with Gasteiger partial charge in [0.1, 0.15) is 0 Å². The van der Waals surface area contributed by atoms with Gasteiger partial charge in [0.05, 0.1) is 17.8 Å². The Bertz CT molecular complexity index is 1840. The topological polar surface area (TPSA) is 15.6 Å². The van der Waals surface area contributed by atoms with Crippen LogP contribution in [-0.2, 0) is 0 Å². The molecule has 3 atom stereocenters. The Hall–Kier alpha value is -3.95. The number of nitrogens with zero attached hydrogens (tertiary/aromatic N) is 2. The maximum absolute atomic E-state index is 5.11. The highest BCUT2D eigenvalue weighted by Gasteiger charge is 2.45. The van der Waals surface area contributed by atoms with Crippen molar-refractivity contribution in [1.82, 2.24) is 4.90 Å². The van der Waals surface area contributed by atoms with Crippen LogP contribution in [0.1, 0.15) is 37.2 Å². The van der Waals surface area contributed by atoms with E-state index in [1.54, 1.807) is 0 Å². The lowest BCUT2D eigenvalue weighted by Crippen LogP contribution is -2.38. The van der Waals surface area contributed by atoms with E-state index in [-0.39, 0.29) is 0 Å². The zero-order valence-electron chi connectivity index (χ0n) is 21.9. The predicted octanol–water partition coefficient (Wildman–Crippen LogP) is 7.39. The van der Waals surface area contributed by atoms with Gasteiger partial charge < -0.3 is 4.90 Å². The van der Waals surface area contributed by atoms with Gasteiger partial charge in [0.2, 0.25) is 0 Å². The molecule has 0 saturated carbocycles. The van der Waals surface area contributed by atoms with Crippen molar-refractivity contribution < 1.29 is 0 Å². The van der Waals surface area contributed by atoms with E-state index in [0.717, 1.165) is 31.4 Å². The van der Waals surface area contributed by atoms with Crippen LogP contribution in [0.4, 0.5) is 5.69 Å². The maximum Gasteiger partial charge on any atom is 0.0633 e. The van der Waals surface area contributed by atoms with Crippen molar-refractivity contribution >= 4 is 45.0 Å². The molecule has 1 saturated heterocycles. The van der Waals surface area contributed by atoms with E-state index >= 15 is 0 Å². The molecule has 0 amide bonds. The Morgan fingerprint density at radius 3 is 2.79 bits per heavy atom. The Labute approximate surface area is 233 Å². The quantitative estimate of drug-likeness (QED) is 0.350. The van der Waals surface area contributed by atoms with E-state index in [0.29, 0.717) is 18.0 Å². The molecule has 3 heteroatoms. The monoisotopic (exact) mass is 522 g/mol. The largest absolute Gasteiger partial charge is 0.357 e. The molecule has 1 aromatic heterocycles. The number of aliphatic imine (C=N–C) groups is 1. The van der Waals surface area contributed by atoms with Gasteiger partial charge in [-0.2, -0.15) is 0 Å². The summed E-state index contributed by atoms with van der Waals surface area (Å²) in [6.07, 6.45) is 24.8. The summed E-state index contributed by atoms with van der Waals surface area (Å²) in [5, 5.41) is 2.80. The van der Waals surface area contributed by atoms with Gasteiger partial charge in [-0.3, -0.25) is 4.99 Å². The molecule has 1 fully saturated rings. The Morgan fingerprint density at radius 2 is 1.90 bits per heavy atom. The third-order valence-electron chi connectivity index (χ3n) is 8.83. The second kappa shape index (κ2) is 9.07. The minimum Gasteiger partial charge on any atom is -0.357 e. The van der Waals surface area contributed by atoms with Gasteiger partial charge in [-0.1, -0.05) is 79.4 Å². The molecule has 5 aliphatic rings. The number of benzene rings is 2. The molecule has 3 unspecified atom stereocenters. The second-order valence-electron chi connectivity index (χ2n) is 11.0. The van der Waals surface area contributed by atoms with E-state index < -0.39 is 0 Å². The SMILES string of the molecule is C=C/C=C1/C2=CC(=Nc3ccc(C4C=c5sc6ccccc6c5=CC4)cc3)CCC2N2C1=CC1=CC=CCC12. The first-order chi connectivity index (χ1) is 19.3. The fraction of sp³-hybridized carbons (Fsp3) is 0.194. The molecule has 0 radical (unpaired) electrons.